The van der Waals surface area contributed by atoms with Crippen LogP contribution in [0, 0.1) is 0 Å². The molecule has 4 rings (SSSR count). The minimum atomic E-state index is -1.21. The molecule has 2 aromatic carbocycles. The van der Waals surface area contributed by atoms with E-state index < -0.39 is 10.8 Å². The number of hydrogen-bond donors (Lipinski definition) is 1. The number of rotatable bonds is 2. The van der Waals surface area contributed by atoms with Crippen LogP contribution in [0.2, 0.25) is 0 Å². The van der Waals surface area contributed by atoms with E-state index >= 15 is 0 Å². The number of H-pyrrole nitrogens is 1. The third kappa shape index (κ3) is 2.01. The zero-order chi connectivity index (χ0) is 15.1. The lowest BCUT2D eigenvalue weighted by Crippen LogP contribution is -2.09. The third-order valence-corrected chi connectivity index (χ3v) is 5.30. The van der Waals surface area contributed by atoms with Gasteiger partial charge in [0.25, 0.3) is 0 Å². The number of nitrogens with one attached hydrogen (secondary N) is 1. The first-order chi connectivity index (χ1) is 10.8. The number of ether oxygens (including phenoxy) is 1. The van der Waals surface area contributed by atoms with Crippen LogP contribution in [0.4, 0.5) is 0 Å². The lowest BCUT2D eigenvalue weighted by Gasteiger charge is -2.20. The maximum Gasteiger partial charge on any atom is 0.204 e. The van der Waals surface area contributed by atoms with Crippen LogP contribution in [0.3, 0.4) is 0 Å². The van der Waals surface area contributed by atoms with Crippen molar-refractivity contribution in [1.29, 1.82) is 0 Å². The van der Waals surface area contributed by atoms with Crippen molar-refractivity contribution in [1.82, 2.24) is 20.6 Å². The van der Waals surface area contributed by atoms with Gasteiger partial charge in [-0.05, 0) is 47.0 Å². The standard InChI is InChI=1S/C15H12N4O2S/c1-21-12-4-5-13-11(7-12)6-9-2-3-10(8-14(9)22(13)20)15-16-18-19-17-15/h2-5,7-8H,6H2,1H3,(H,16,17,18,19). The first-order valence-electron chi connectivity index (χ1n) is 6.71. The second-order valence-corrected chi connectivity index (χ2v) is 6.39. The van der Waals surface area contributed by atoms with Crippen LogP contribution in [0.5, 0.6) is 5.75 Å². The van der Waals surface area contributed by atoms with Gasteiger partial charge in [-0.15, -0.1) is 10.2 Å². The molecule has 0 aliphatic carbocycles. The molecule has 0 bridgehead atoms. The Morgan fingerprint density at radius 2 is 2.05 bits per heavy atom. The lowest BCUT2D eigenvalue weighted by molar-refractivity contribution is 0.414. The molecule has 0 saturated carbocycles. The van der Waals surface area contributed by atoms with Crippen LogP contribution < -0.4 is 4.74 Å². The Bertz CT molecular complexity index is 877. The quantitative estimate of drug-likeness (QED) is 0.612. The zero-order valence-corrected chi connectivity index (χ0v) is 12.6. The molecule has 0 spiro atoms. The van der Waals surface area contributed by atoms with Gasteiger partial charge in [-0.3, -0.25) is 0 Å². The van der Waals surface area contributed by atoms with Gasteiger partial charge >= 0.3 is 0 Å². The highest BCUT2D eigenvalue weighted by Gasteiger charge is 2.23. The molecule has 1 aliphatic heterocycles. The van der Waals surface area contributed by atoms with Gasteiger partial charge < -0.3 is 4.74 Å². The molecule has 1 N–H and O–H groups in total. The Kier molecular flexibility index (Phi) is 3.00. The summed E-state index contributed by atoms with van der Waals surface area (Å²) in [5, 5.41) is 13.9. The summed E-state index contributed by atoms with van der Waals surface area (Å²) in [6, 6.07) is 11.4. The molecule has 1 aliphatic rings. The summed E-state index contributed by atoms with van der Waals surface area (Å²) in [6.07, 6.45) is 0.736. The van der Waals surface area contributed by atoms with Crippen LogP contribution in [-0.4, -0.2) is 31.9 Å². The number of hydrogen-bond acceptors (Lipinski definition) is 5. The molecular formula is C15H12N4O2S. The monoisotopic (exact) mass is 312 g/mol. The minimum absolute atomic E-state index is 0.500. The van der Waals surface area contributed by atoms with Crippen molar-refractivity contribution in [3.8, 4) is 17.1 Å². The summed E-state index contributed by atoms with van der Waals surface area (Å²) in [7, 11) is 0.418. The van der Waals surface area contributed by atoms with Gasteiger partial charge in [0.15, 0.2) is 0 Å². The van der Waals surface area contributed by atoms with Crippen LogP contribution in [0.1, 0.15) is 11.1 Å². The van der Waals surface area contributed by atoms with Gasteiger partial charge in [0.2, 0.25) is 5.82 Å². The molecule has 1 unspecified atom stereocenters. The highest BCUT2D eigenvalue weighted by atomic mass is 32.2. The second kappa shape index (κ2) is 5.03. The van der Waals surface area contributed by atoms with Gasteiger partial charge in [0.05, 0.1) is 17.9 Å². The average Bonchev–Trinajstić information content (AvgIpc) is 3.09. The highest BCUT2D eigenvalue weighted by Crippen LogP contribution is 2.35. The Morgan fingerprint density at radius 3 is 2.82 bits per heavy atom. The Hall–Kier alpha value is -2.54. The van der Waals surface area contributed by atoms with Gasteiger partial charge in [-0.2, -0.15) is 5.21 Å². The van der Waals surface area contributed by atoms with Crippen molar-refractivity contribution in [3.63, 3.8) is 0 Å². The zero-order valence-electron chi connectivity index (χ0n) is 11.7. The van der Waals surface area contributed by atoms with E-state index in [0.29, 0.717) is 5.82 Å². The fraction of sp³-hybridized carbons (Fsp3) is 0.133. The van der Waals surface area contributed by atoms with E-state index in [0.717, 1.165) is 38.7 Å². The highest BCUT2D eigenvalue weighted by molar-refractivity contribution is 7.85. The molecule has 7 heteroatoms. The van der Waals surface area contributed by atoms with Crippen LogP contribution in [-0.2, 0) is 17.2 Å². The maximum atomic E-state index is 12.8. The molecule has 110 valence electrons. The second-order valence-electron chi connectivity index (χ2n) is 4.98. The third-order valence-electron chi connectivity index (χ3n) is 3.72. The number of tetrazole rings is 1. The van der Waals surface area contributed by atoms with Crippen LogP contribution >= 0.6 is 0 Å². The van der Waals surface area contributed by atoms with Gasteiger partial charge in [0.1, 0.15) is 5.75 Å². The van der Waals surface area contributed by atoms with Crippen molar-refractivity contribution in [2.75, 3.05) is 7.11 Å². The Labute approximate surface area is 129 Å². The van der Waals surface area contributed by atoms with Gasteiger partial charge in [-0.1, -0.05) is 12.1 Å². The predicted octanol–water partition coefficient (Wildman–Crippen LogP) is 1.95. The maximum absolute atomic E-state index is 12.8. The normalized spacial score (nSPS) is 16.0. The number of fused-ring (bicyclic) bond motifs is 2. The summed E-state index contributed by atoms with van der Waals surface area (Å²) in [5.74, 6) is 1.28. The number of benzene rings is 2. The van der Waals surface area contributed by atoms with E-state index in [9.17, 15) is 4.21 Å². The molecule has 0 fully saturated rings. The molecule has 0 saturated heterocycles. The molecule has 0 amide bonds. The van der Waals surface area contributed by atoms with E-state index in [-0.39, 0.29) is 0 Å². The molecule has 2 heterocycles. The van der Waals surface area contributed by atoms with Crippen molar-refractivity contribution in [3.05, 3.63) is 47.5 Å². The van der Waals surface area contributed by atoms with E-state index in [1.807, 2.05) is 36.4 Å². The lowest BCUT2D eigenvalue weighted by atomic mass is 10.0. The fourth-order valence-electron chi connectivity index (χ4n) is 2.62. The molecule has 1 atom stereocenters. The van der Waals surface area contributed by atoms with E-state index in [4.69, 9.17) is 4.74 Å². The first-order valence-corrected chi connectivity index (χ1v) is 7.86. The predicted molar refractivity (Wildman–Crippen MR) is 80.1 cm³/mol. The SMILES string of the molecule is COc1ccc2c(c1)Cc1ccc(-c3nn[nH]n3)cc1S2=O. The van der Waals surface area contributed by atoms with Crippen molar-refractivity contribution >= 4 is 10.8 Å². The van der Waals surface area contributed by atoms with E-state index in [1.165, 1.54) is 0 Å². The first kappa shape index (κ1) is 13.1. The van der Waals surface area contributed by atoms with E-state index in [2.05, 4.69) is 20.6 Å². The van der Waals surface area contributed by atoms with Crippen LogP contribution in [0.15, 0.2) is 46.2 Å². The average molecular weight is 312 g/mol. The number of methoxy groups -OCH3 is 1. The molecule has 1 aromatic heterocycles. The summed E-state index contributed by atoms with van der Waals surface area (Å²) in [5.41, 5.74) is 2.89. The number of nitrogens with zero attached hydrogens (tertiary/aromatic N) is 3. The van der Waals surface area contributed by atoms with Crippen molar-refractivity contribution in [2.24, 2.45) is 0 Å². The Morgan fingerprint density at radius 1 is 1.14 bits per heavy atom. The smallest absolute Gasteiger partial charge is 0.204 e. The van der Waals surface area contributed by atoms with Crippen LogP contribution in [0.25, 0.3) is 11.4 Å². The number of aromatic amines is 1. The van der Waals surface area contributed by atoms with Gasteiger partial charge in [-0.25, -0.2) is 4.21 Å². The van der Waals surface area contributed by atoms with Crippen molar-refractivity contribution in [2.45, 2.75) is 16.2 Å². The molecule has 6 nitrogen and oxygen atoms in total. The summed E-state index contributed by atoms with van der Waals surface area (Å²) >= 11 is 0. The molecule has 22 heavy (non-hydrogen) atoms. The number of aromatic nitrogens is 4. The minimum Gasteiger partial charge on any atom is -0.497 e. The summed E-state index contributed by atoms with van der Waals surface area (Å²) in [6.45, 7) is 0. The molecule has 0 radical (unpaired) electrons. The molecule has 3 aromatic rings. The topological polar surface area (TPSA) is 80.8 Å². The summed E-state index contributed by atoms with van der Waals surface area (Å²) < 4.78 is 18.1. The van der Waals surface area contributed by atoms with E-state index in [1.54, 1.807) is 7.11 Å². The summed E-state index contributed by atoms with van der Waals surface area (Å²) in [4.78, 5) is 1.64. The molecular weight excluding hydrogens is 300 g/mol. The Balaban J connectivity index is 1.81. The van der Waals surface area contributed by atoms with Gasteiger partial charge in [0, 0.05) is 15.4 Å². The largest absolute Gasteiger partial charge is 0.497 e. The fourth-order valence-corrected chi connectivity index (χ4v) is 4.03. The van der Waals surface area contributed by atoms with Crippen molar-refractivity contribution < 1.29 is 8.95 Å².